The van der Waals surface area contributed by atoms with Crippen LogP contribution < -0.4 is 15.1 Å². The molecule has 178 valence electrons. The van der Waals surface area contributed by atoms with Gasteiger partial charge < -0.3 is 15.1 Å². The maximum absolute atomic E-state index is 14.3. The van der Waals surface area contributed by atoms with E-state index in [2.05, 4.69) is 69.8 Å². The Hall–Kier alpha value is -2.87. The zero-order valence-electron chi connectivity index (χ0n) is 19.8. The van der Waals surface area contributed by atoms with E-state index < -0.39 is 0 Å². The van der Waals surface area contributed by atoms with E-state index in [1.54, 1.807) is 18.6 Å². The maximum Gasteiger partial charge on any atom is 0.165 e. The SMILES string of the molecule is CC1(C)CN(CCCCS)c2cc(Nc3ncnc4c3CCN(c3ncccc3F)C4)ccc21. The molecule has 2 aliphatic rings. The molecule has 0 radical (unpaired) electrons. The highest BCUT2D eigenvalue weighted by molar-refractivity contribution is 7.80. The minimum absolute atomic E-state index is 0.132. The van der Waals surface area contributed by atoms with E-state index in [1.165, 1.54) is 17.3 Å². The molecule has 3 aromatic rings. The Kier molecular flexibility index (Phi) is 6.34. The number of pyridine rings is 1. The van der Waals surface area contributed by atoms with Gasteiger partial charge in [0.1, 0.15) is 12.1 Å². The number of unbranched alkanes of at least 4 members (excludes halogenated alkanes) is 1. The Labute approximate surface area is 206 Å². The Bertz CT molecular complexity index is 1180. The average Bonchev–Trinajstić information content (AvgIpc) is 3.09. The summed E-state index contributed by atoms with van der Waals surface area (Å²) in [5.41, 5.74) is 5.84. The van der Waals surface area contributed by atoms with Crippen LogP contribution in [0, 0.1) is 5.82 Å². The fraction of sp³-hybridized carbons (Fsp3) is 0.423. The number of anilines is 4. The number of nitrogens with one attached hydrogen (secondary N) is 1. The molecule has 34 heavy (non-hydrogen) atoms. The summed E-state index contributed by atoms with van der Waals surface area (Å²) in [5.74, 6) is 1.82. The largest absolute Gasteiger partial charge is 0.370 e. The van der Waals surface area contributed by atoms with Crippen molar-refractivity contribution in [2.75, 3.05) is 40.5 Å². The minimum Gasteiger partial charge on any atom is -0.370 e. The van der Waals surface area contributed by atoms with Crippen LogP contribution in [0.25, 0.3) is 0 Å². The monoisotopic (exact) mass is 478 g/mol. The summed E-state index contributed by atoms with van der Waals surface area (Å²) in [6, 6.07) is 9.69. The van der Waals surface area contributed by atoms with Crippen molar-refractivity contribution in [2.45, 2.75) is 45.1 Å². The van der Waals surface area contributed by atoms with Crippen molar-refractivity contribution in [1.82, 2.24) is 15.0 Å². The van der Waals surface area contributed by atoms with Crippen LogP contribution in [-0.2, 0) is 18.4 Å². The summed E-state index contributed by atoms with van der Waals surface area (Å²) in [6.45, 7) is 7.88. The zero-order chi connectivity index (χ0) is 23.7. The summed E-state index contributed by atoms with van der Waals surface area (Å²) < 4.78 is 14.3. The smallest absolute Gasteiger partial charge is 0.165 e. The van der Waals surface area contributed by atoms with E-state index in [0.29, 0.717) is 18.9 Å². The van der Waals surface area contributed by atoms with Gasteiger partial charge in [-0.25, -0.2) is 19.3 Å². The number of hydrogen-bond donors (Lipinski definition) is 2. The predicted octanol–water partition coefficient (Wildman–Crippen LogP) is 5.12. The van der Waals surface area contributed by atoms with Crippen LogP contribution in [0.5, 0.6) is 0 Å². The molecule has 0 fully saturated rings. The lowest BCUT2D eigenvalue weighted by Gasteiger charge is -2.30. The molecule has 0 amide bonds. The first-order valence-corrected chi connectivity index (χ1v) is 12.5. The topological polar surface area (TPSA) is 57.2 Å². The molecule has 2 aromatic heterocycles. The quantitative estimate of drug-likeness (QED) is 0.363. The molecule has 1 N–H and O–H groups in total. The van der Waals surface area contributed by atoms with Crippen molar-refractivity contribution in [1.29, 1.82) is 0 Å². The first-order chi connectivity index (χ1) is 16.5. The highest BCUT2D eigenvalue weighted by Gasteiger charge is 2.35. The number of aromatic nitrogens is 3. The Morgan fingerprint density at radius 1 is 1.15 bits per heavy atom. The van der Waals surface area contributed by atoms with E-state index in [4.69, 9.17) is 0 Å². The fourth-order valence-corrected chi connectivity index (χ4v) is 5.32. The first kappa shape index (κ1) is 22.9. The summed E-state index contributed by atoms with van der Waals surface area (Å²) >= 11 is 4.36. The van der Waals surface area contributed by atoms with Crippen LogP contribution in [0.15, 0.2) is 42.9 Å². The second kappa shape index (κ2) is 9.41. The summed E-state index contributed by atoms with van der Waals surface area (Å²) in [4.78, 5) is 17.7. The molecule has 5 rings (SSSR count). The molecule has 1 aromatic carbocycles. The lowest BCUT2D eigenvalue weighted by Crippen LogP contribution is -2.33. The molecule has 0 unspecified atom stereocenters. The van der Waals surface area contributed by atoms with Crippen molar-refractivity contribution in [3.8, 4) is 0 Å². The number of fused-ring (bicyclic) bond motifs is 2. The lowest BCUT2D eigenvalue weighted by atomic mass is 9.87. The number of nitrogens with zero attached hydrogens (tertiary/aromatic N) is 5. The highest BCUT2D eigenvalue weighted by atomic mass is 32.1. The van der Waals surface area contributed by atoms with Crippen LogP contribution in [0.3, 0.4) is 0 Å². The molecule has 0 bridgehead atoms. The summed E-state index contributed by atoms with van der Waals surface area (Å²) in [7, 11) is 0. The standard InChI is InChI=1S/C26H31FN6S/c1-26(2)16-33(11-3-4-13-34)23-14-18(7-8-20(23)26)31-24-19-9-12-32(15-22(19)29-17-30-24)25-21(27)6-5-10-28-25/h5-8,10,14,17,34H,3-4,9,11-13,15-16H2,1-2H3,(H,29,30,31). The Morgan fingerprint density at radius 2 is 2.03 bits per heavy atom. The van der Waals surface area contributed by atoms with Gasteiger partial charge in [0.15, 0.2) is 11.6 Å². The van der Waals surface area contributed by atoms with Crippen molar-refractivity contribution >= 4 is 35.6 Å². The van der Waals surface area contributed by atoms with Crippen LogP contribution in [-0.4, -0.2) is 40.3 Å². The van der Waals surface area contributed by atoms with Gasteiger partial charge in [-0.05, 0) is 54.8 Å². The third kappa shape index (κ3) is 4.43. The van der Waals surface area contributed by atoms with Gasteiger partial charge >= 0.3 is 0 Å². The van der Waals surface area contributed by atoms with Gasteiger partial charge in [-0.1, -0.05) is 19.9 Å². The summed E-state index contributed by atoms with van der Waals surface area (Å²) in [6.07, 6.45) is 6.20. The third-order valence-electron chi connectivity index (χ3n) is 6.80. The summed E-state index contributed by atoms with van der Waals surface area (Å²) in [5, 5.41) is 3.54. The molecule has 4 heterocycles. The number of halogens is 1. The van der Waals surface area contributed by atoms with Gasteiger partial charge in [0.25, 0.3) is 0 Å². The zero-order valence-corrected chi connectivity index (χ0v) is 20.7. The number of rotatable bonds is 7. The molecule has 0 atom stereocenters. The van der Waals surface area contributed by atoms with Crippen LogP contribution in [0.2, 0.25) is 0 Å². The normalized spacial score (nSPS) is 16.4. The van der Waals surface area contributed by atoms with E-state index >= 15 is 0 Å². The molecule has 6 nitrogen and oxygen atoms in total. The molecule has 0 spiro atoms. The van der Waals surface area contributed by atoms with E-state index in [-0.39, 0.29) is 11.2 Å². The van der Waals surface area contributed by atoms with Crippen molar-refractivity contribution in [3.05, 3.63) is 65.5 Å². The molecular weight excluding hydrogens is 447 g/mol. The fourth-order valence-electron chi connectivity index (χ4n) is 5.09. The molecule has 0 saturated carbocycles. The number of benzene rings is 1. The van der Waals surface area contributed by atoms with Gasteiger partial charge in [-0.15, -0.1) is 0 Å². The predicted molar refractivity (Wildman–Crippen MR) is 139 cm³/mol. The van der Waals surface area contributed by atoms with Crippen LogP contribution >= 0.6 is 12.6 Å². The maximum atomic E-state index is 14.3. The van der Waals surface area contributed by atoms with Crippen molar-refractivity contribution in [2.24, 2.45) is 0 Å². The molecule has 0 saturated heterocycles. The Balaban J connectivity index is 1.38. The molecule has 0 aliphatic carbocycles. The van der Waals surface area contributed by atoms with E-state index in [1.807, 2.05) is 4.90 Å². The first-order valence-electron chi connectivity index (χ1n) is 11.9. The third-order valence-corrected chi connectivity index (χ3v) is 7.11. The van der Waals surface area contributed by atoms with Gasteiger partial charge in [0.05, 0.1) is 12.2 Å². The van der Waals surface area contributed by atoms with Crippen molar-refractivity contribution < 1.29 is 4.39 Å². The minimum atomic E-state index is -0.307. The lowest BCUT2D eigenvalue weighted by molar-refractivity contribution is 0.546. The second-order valence-electron chi connectivity index (χ2n) is 9.72. The van der Waals surface area contributed by atoms with E-state index in [0.717, 1.165) is 60.9 Å². The molecule has 8 heteroatoms. The molecule has 2 aliphatic heterocycles. The van der Waals surface area contributed by atoms with Gasteiger partial charge in [0.2, 0.25) is 0 Å². The molecular formula is C26H31FN6S. The average molecular weight is 479 g/mol. The number of thiol groups is 1. The second-order valence-corrected chi connectivity index (χ2v) is 10.2. The van der Waals surface area contributed by atoms with Gasteiger partial charge in [-0.2, -0.15) is 12.6 Å². The highest BCUT2D eigenvalue weighted by Crippen LogP contribution is 2.42. The van der Waals surface area contributed by atoms with Crippen molar-refractivity contribution in [3.63, 3.8) is 0 Å². The van der Waals surface area contributed by atoms with Crippen LogP contribution in [0.1, 0.15) is 43.5 Å². The Morgan fingerprint density at radius 3 is 2.85 bits per heavy atom. The van der Waals surface area contributed by atoms with E-state index in [9.17, 15) is 4.39 Å². The number of hydrogen-bond acceptors (Lipinski definition) is 7. The van der Waals surface area contributed by atoms with Crippen LogP contribution in [0.4, 0.5) is 27.4 Å². The van der Waals surface area contributed by atoms with Gasteiger partial charge in [0, 0.05) is 48.2 Å². The van der Waals surface area contributed by atoms with Gasteiger partial charge in [-0.3, -0.25) is 0 Å².